The van der Waals surface area contributed by atoms with E-state index in [-0.39, 0.29) is 12.8 Å². The first-order valence-corrected chi connectivity index (χ1v) is 8.82. The lowest BCUT2D eigenvalue weighted by Gasteiger charge is -2.33. The Labute approximate surface area is 161 Å². The topological polar surface area (TPSA) is 106 Å². The average molecular weight is 384 g/mol. The Balaban J connectivity index is 5.95. The summed E-state index contributed by atoms with van der Waals surface area (Å²) in [4.78, 5) is 38.6. The molecule has 0 saturated carbocycles. The third-order valence-electron chi connectivity index (χ3n) is 2.70. The van der Waals surface area contributed by atoms with Gasteiger partial charge in [-0.15, -0.1) is 0 Å². The summed E-state index contributed by atoms with van der Waals surface area (Å²) in [6.07, 6.45) is -2.23. The highest BCUT2D eigenvalue weighted by Gasteiger charge is 2.41. The number of carbonyl (C=O) groups excluding carboxylic acids is 3. The number of esters is 1. The van der Waals surface area contributed by atoms with Crippen molar-refractivity contribution in [1.29, 1.82) is 5.26 Å². The first-order valence-electron chi connectivity index (χ1n) is 8.82. The molecule has 0 bridgehead atoms. The molecule has 0 aromatic carbocycles. The molecule has 0 aliphatic rings. The standard InChI is InChI=1S/C19H32N2O6/c1-17(2,3)25-14(22)13(11-10-12-20)21(15(23)26-18(4,5)6)16(24)27-19(7,8)9/h13H,10-11H2,1-9H3/t13-/m0/s1. The molecule has 0 aromatic rings. The fourth-order valence-corrected chi connectivity index (χ4v) is 1.87. The number of nitrogens with zero attached hydrogens (tertiary/aromatic N) is 2. The zero-order chi connectivity index (χ0) is 21.6. The number of imide groups is 1. The lowest BCUT2D eigenvalue weighted by Crippen LogP contribution is -2.53. The van der Waals surface area contributed by atoms with Gasteiger partial charge in [-0.1, -0.05) is 0 Å². The second-order valence-electron chi connectivity index (χ2n) is 9.08. The summed E-state index contributed by atoms with van der Waals surface area (Å²) in [7, 11) is 0. The molecule has 0 radical (unpaired) electrons. The van der Waals surface area contributed by atoms with Crippen LogP contribution in [0, 0.1) is 11.3 Å². The molecule has 27 heavy (non-hydrogen) atoms. The second kappa shape index (κ2) is 9.07. The summed E-state index contributed by atoms with van der Waals surface area (Å²) in [6, 6.07) is 0.567. The van der Waals surface area contributed by atoms with Crippen LogP contribution in [0.2, 0.25) is 0 Å². The molecule has 1 atom stereocenters. The van der Waals surface area contributed by atoms with Gasteiger partial charge in [-0.25, -0.2) is 14.4 Å². The Hall–Kier alpha value is -2.30. The molecule has 8 heteroatoms. The fourth-order valence-electron chi connectivity index (χ4n) is 1.87. The predicted molar refractivity (Wildman–Crippen MR) is 98.8 cm³/mol. The minimum Gasteiger partial charge on any atom is -0.458 e. The first kappa shape index (κ1) is 24.7. The minimum absolute atomic E-state index is 0.0635. The monoisotopic (exact) mass is 384 g/mol. The predicted octanol–water partition coefficient (Wildman–Crippen LogP) is 4.17. The third kappa shape index (κ3) is 10.4. The van der Waals surface area contributed by atoms with Gasteiger partial charge in [0.15, 0.2) is 0 Å². The van der Waals surface area contributed by atoms with Crippen LogP contribution in [0.25, 0.3) is 0 Å². The van der Waals surface area contributed by atoms with Gasteiger partial charge in [0.2, 0.25) is 0 Å². The van der Waals surface area contributed by atoms with Crippen molar-refractivity contribution in [3.8, 4) is 6.07 Å². The number of hydrogen-bond acceptors (Lipinski definition) is 7. The third-order valence-corrected chi connectivity index (χ3v) is 2.70. The van der Waals surface area contributed by atoms with E-state index in [1.54, 1.807) is 62.3 Å². The van der Waals surface area contributed by atoms with Gasteiger partial charge in [0.25, 0.3) is 0 Å². The SMILES string of the molecule is CC(C)(C)OC(=O)[C@H](CCC#N)N(C(=O)OC(C)(C)C)C(=O)OC(C)(C)C. The van der Waals surface area contributed by atoms with E-state index in [9.17, 15) is 14.4 Å². The molecule has 0 unspecified atom stereocenters. The van der Waals surface area contributed by atoms with Crippen molar-refractivity contribution < 1.29 is 28.6 Å². The Morgan fingerprint density at radius 3 is 1.48 bits per heavy atom. The van der Waals surface area contributed by atoms with Crippen LogP contribution >= 0.6 is 0 Å². The van der Waals surface area contributed by atoms with Gasteiger partial charge >= 0.3 is 18.2 Å². The van der Waals surface area contributed by atoms with E-state index in [1.807, 2.05) is 6.07 Å². The fraction of sp³-hybridized carbons (Fsp3) is 0.789. The van der Waals surface area contributed by atoms with Crippen molar-refractivity contribution in [3.63, 3.8) is 0 Å². The minimum atomic E-state index is -1.34. The first-order chi connectivity index (χ1) is 12.0. The van der Waals surface area contributed by atoms with Gasteiger partial charge in [-0.2, -0.15) is 10.2 Å². The zero-order valence-corrected chi connectivity index (χ0v) is 17.8. The second-order valence-corrected chi connectivity index (χ2v) is 9.08. The highest BCUT2D eigenvalue weighted by atomic mass is 16.6. The number of rotatable bonds is 4. The van der Waals surface area contributed by atoms with Crippen LogP contribution < -0.4 is 0 Å². The van der Waals surface area contributed by atoms with E-state index >= 15 is 0 Å². The van der Waals surface area contributed by atoms with Gasteiger partial charge in [0, 0.05) is 6.42 Å². The van der Waals surface area contributed by atoms with Crippen LogP contribution in [0.1, 0.15) is 75.2 Å². The molecule has 2 amide bonds. The highest BCUT2D eigenvalue weighted by Crippen LogP contribution is 2.21. The van der Waals surface area contributed by atoms with Crippen LogP contribution in [0.3, 0.4) is 0 Å². The Kier molecular flexibility index (Phi) is 8.29. The Morgan fingerprint density at radius 1 is 0.815 bits per heavy atom. The van der Waals surface area contributed by atoms with Crippen LogP contribution in [0.5, 0.6) is 0 Å². The van der Waals surface area contributed by atoms with E-state index in [0.717, 1.165) is 0 Å². The highest BCUT2D eigenvalue weighted by molar-refractivity contribution is 5.94. The molecular weight excluding hydrogens is 352 g/mol. The zero-order valence-electron chi connectivity index (χ0n) is 17.8. The van der Waals surface area contributed by atoms with Crippen molar-refractivity contribution in [2.45, 2.75) is 98.0 Å². The summed E-state index contributed by atoms with van der Waals surface area (Å²) in [5, 5.41) is 8.91. The molecule has 0 saturated heterocycles. The molecule has 0 N–H and O–H groups in total. The number of nitriles is 1. The largest absolute Gasteiger partial charge is 0.458 e. The summed E-state index contributed by atoms with van der Waals surface area (Å²) in [5.41, 5.74) is -2.63. The molecule has 8 nitrogen and oxygen atoms in total. The van der Waals surface area contributed by atoms with Crippen molar-refractivity contribution in [2.75, 3.05) is 0 Å². The van der Waals surface area contributed by atoms with Gasteiger partial charge < -0.3 is 14.2 Å². The van der Waals surface area contributed by atoms with E-state index < -0.39 is 41.0 Å². The van der Waals surface area contributed by atoms with Crippen LogP contribution in [-0.4, -0.2) is 45.9 Å². The van der Waals surface area contributed by atoms with Crippen molar-refractivity contribution in [1.82, 2.24) is 4.90 Å². The number of amides is 2. The van der Waals surface area contributed by atoms with Gasteiger partial charge in [-0.3, -0.25) is 0 Å². The average Bonchev–Trinajstić information content (AvgIpc) is 2.36. The number of hydrogen-bond donors (Lipinski definition) is 0. The van der Waals surface area contributed by atoms with Crippen LogP contribution in [0.15, 0.2) is 0 Å². The molecule has 0 rings (SSSR count). The summed E-state index contributed by atoms with van der Waals surface area (Å²) in [5.74, 6) is -0.811. The molecule has 0 fully saturated rings. The molecular formula is C19H32N2O6. The summed E-state index contributed by atoms with van der Waals surface area (Å²) in [6.45, 7) is 14.8. The Morgan fingerprint density at radius 2 is 1.19 bits per heavy atom. The molecule has 0 aliphatic carbocycles. The summed E-state index contributed by atoms with van der Waals surface area (Å²) < 4.78 is 15.9. The van der Waals surface area contributed by atoms with E-state index in [1.165, 1.54) is 0 Å². The van der Waals surface area contributed by atoms with Gasteiger partial charge in [-0.05, 0) is 68.7 Å². The van der Waals surface area contributed by atoms with E-state index in [0.29, 0.717) is 4.90 Å². The smallest absolute Gasteiger partial charge is 0.420 e. The number of carbonyl (C=O) groups is 3. The van der Waals surface area contributed by atoms with E-state index in [4.69, 9.17) is 19.5 Å². The maximum atomic E-state index is 12.7. The molecule has 0 heterocycles. The van der Waals surface area contributed by atoms with Gasteiger partial charge in [0.05, 0.1) is 6.07 Å². The molecule has 154 valence electrons. The normalized spacial score (nSPS) is 13.2. The van der Waals surface area contributed by atoms with Crippen molar-refractivity contribution in [2.24, 2.45) is 0 Å². The maximum Gasteiger partial charge on any atom is 0.420 e. The lowest BCUT2D eigenvalue weighted by molar-refractivity contribution is -0.161. The summed E-state index contributed by atoms with van der Waals surface area (Å²) >= 11 is 0. The number of ether oxygens (including phenoxy) is 3. The van der Waals surface area contributed by atoms with Crippen LogP contribution in [0.4, 0.5) is 9.59 Å². The lowest BCUT2D eigenvalue weighted by atomic mass is 10.1. The molecule has 0 aromatic heterocycles. The van der Waals surface area contributed by atoms with Crippen molar-refractivity contribution in [3.05, 3.63) is 0 Å². The Bertz CT molecular complexity index is 559. The quantitative estimate of drug-likeness (QED) is 0.529. The van der Waals surface area contributed by atoms with Gasteiger partial charge in [0.1, 0.15) is 22.8 Å². The van der Waals surface area contributed by atoms with E-state index in [2.05, 4.69) is 0 Å². The maximum absolute atomic E-state index is 12.7. The van der Waals surface area contributed by atoms with Crippen LogP contribution in [-0.2, 0) is 19.0 Å². The molecule has 0 aliphatic heterocycles. The molecule has 0 spiro atoms. The van der Waals surface area contributed by atoms with Crippen molar-refractivity contribution >= 4 is 18.2 Å².